The van der Waals surface area contributed by atoms with Gasteiger partial charge in [-0.2, -0.15) is 4.48 Å². The summed E-state index contributed by atoms with van der Waals surface area (Å²) in [6.07, 6.45) is 1.09. The zero-order chi connectivity index (χ0) is 38.4. The van der Waals surface area contributed by atoms with Crippen molar-refractivity contribution >= 4 is 22.7 Å². The Bertz CT molecular complexity index is 2130. The molecule has 54 heavy (non-hydrogen) atoms. The van der Waals surface area contributed by atoms with E-state index < -0.39 is 0 Å². The van der Waals surface area contributed by atoms with Crippen LogP contribution in [0.5, 0.6) is 17.2 Å². The summed E-state index contributed by atoms with van der Waals surface area (Å²) in [5.41, 5.74) is 14.1. The van der Waals surface area contributed by atoms with Crippen molar-refractivity contribution in [2.45, 2.75) is 54.4 Å². The van der Waals surface area contributed by atoms with Crippen LogP contribution in [0.4, 0.5) is 22.7 Å². The van der Waals surface area contributed by atoms with E-state index in [0.717, 1.165) is 50.1 Å². The number of hydrogen-bond acceptors (Lipinski definition) is 3. The summed E-state index contributed by atoms with van der Waals surface area (Å²) >= 11 is 0. The average molecular weight is 712 g/mol. The highest BCUT2D eigenvalue weighted by Crippen LogP contribution is 2.51. The van der Waals surface area contributed by atoms with Crippen molar-refractivity contribution in [1.29, 1.82) is 0 Å². The lowest BCUT2D eigenvalue weighted by molar-refractivity contribution is -0.270. The Hall–Kier alpha value is -6.10. The molecule has 0 aliphatic rings. The van der Waals surface area contributed by atoms with Gasteiger partial charge in [-0.15, -0.1) is 5.75 Å². The molecule has 0 amide bonds. The fourth-order valence-electron chi connectivity index (χ4n) is 7.54. The van der Waals surface area contributed by atoms with Gasteiger partial charge in [0, 0.05) is 48.5 Å². The molecule has 0 aliphatic carbocycles. The number of nitrogens with zero attached hydrogens (tertiary/aromatic N) is 1. The summed E-state index contributed by atoms with van der Waals surface area (Å²) in [6, 6.07) is 52.7. The highest BCUT2D eigenvalue weighted by atomic mass is 16.3. The van der Waals surface area contributed by atoms with Crippen LogP contribution in [0.25, 0.3) is 0 Å². The minimum atomic E-state index is 0.0670. The molecule has 0 saturated carbocycles. The van der Waals surface area contributed by atoms with Crippen molar-refractivity contribution in [1.82, 2.24) is 4.48 Å². The fourth-order valence-corrected chi connectivity index (χ4v) is 7.54. The molecule has 4 nitrogen and oxygen atoms in total. The summed E-state index contributed by atoms with van der Waals surface area (Å²) in [4.78, 5) is 0. The highest BCUT2D eigenvalue weighted by Gasteiger charge is 2.38. The molecule has 0 aromatic heterocycles. The topological polar surface area (TPSA) is 63.5 Å². The van der Waals surface area contributed by atoms with Crippen LogP contribution < -0.4 is 9.59 Å². The second-order valence-corrected chi connectivity index (χ2v) is 14.4. The SMILES string of the molecule is Cc1cc(Cc2cc(C)c(O)c(C)c2)c([O-])c(Cc2cc(C)c(O)c(C)c2)c1.Cc1ccc([N+](c2ccccc2)(c2ccccc2)c2ccccc2)cc1. The Morgan fingerprint density at radius 3 is 1.06 bits per heavy atom. The summed E-state index contributed by atoms with van der Waals surface area (Å²) in [7, 11) is 0. The lowest BCUT2D eigenvalue weighted by Gasteiger charge is -2.37. The minimum Gasteiger partial charge on any atom is -0.872 e. The van der Waals surface area contributed by atoms with Gasteiger partial charge in [0.2, 0.25) is 0 Å². The van der Waals surface area contributed by atoms with Crippen molar-refractivity contribution in [2.75, 3.05) is 0 Å². The van der Waals surface area contributed by atoms with Crippen LogP contribution in [0.3, 0.4) is 0 Å². The quantitative estimate of drug-likeness (QED) is 0.154. The van der Waals surface area contributed by atoms with Crippen molar-refractivity contribution in [3.63, 3.8) is 0 Å². The predicted molar refractivity (Wildman–Crippen MR) is 223 cm³/mol. The Morgan fingerprint density at radius 2 is 0.722 bits per heavy atom. The van der Waals surface area contributed by atoms with Crippen LogP contribution in [0, 0.1) is 41.5 Å². The van der Waals surface area contributed by atoms with E-state index in [1.807, 2.05) is 71.0 Å². The van der Waals surface area contributed by atoms with Gasteiger partial charge in [-0.1, -0.05) is 125 Å². The van der Waals surface area contributed by atoms with Crippen LogP contribution in [0.2, 0.25) is 0 Å². The number of phenols is 2. The third kappa shape index (κ3) is 7.95. The summed E-state index contributed by atoms with van der Waals surface area (Å²) < 4.78 is 0.558. The molecule has 0 unspecified atom stereocenters. The van der Waals surface area contributed by atoms with E-state index in [0.29, 0.717) is 28.8 Å². The largest absolute Gasteiger partial charge is 0.872 e. The number of aromatic hydroxyl groups is 2. The van der Waals surface area contributed by atoms with Crippen LogP contribution in [-0.4, -0.2) is 10.2 Å². The third-order valence-electron chi connectivity index (χ3n) is 10.1. The van der Waals surface area contributed by atoms with Gasteiger partial charge in [0.15, 0.2) is 0 Å². The molecule has 2 N–H and O–H groups in total. The van der Waals surface area contributed by atoms with Crippen molar-refractivity contribution in [2.24, 2.45) is 0 Å². The second kappa shape index (κ2) is 16.3. The first-order chi connectivity index (χ1) is 26.0. The maximum atomic E-state index is 13.1. The van der Waals surface area contributed by atoms with Crippen LogP contribution in [-0.2, 0) is 12.8 Å². The van der Waals surface area contributed by atoms with E-state index in [2.05, 4.69) is 122 Å². The molecule has 4 heteroatoms. The number of para-hydroxylation sites is 3. The Balaban J connectivity index is 0.000000185. The van der Waals surface area contributed by atoms with Crippen LogP contribution in [0.1, 0.15) is 55.6 Å². The van der Waals surface area contributed by atoms with Gasteiger partial charge in [-0.05, 0) is 87.8 Å². The second-order valence-electron chi connectivity index (χ2n) is 14.4. The number of quaternary nitrogens is 1. The Labute approximate surface area is 320 Å². The van der Waals surface area contributed by atoms with E-state index in [-0.39, 0.29) is 5.75 Å². The molecule has 7 aromatic carbocycles. The zero-order valence-electron chi connectivity index (χ0n) is 32.1. The minimum absolute atomic E-state index is 0.0670. The number of rotatable bonds is 8. The molecule has 7 rings (SSSR count). The predicted octanol–water partition coefficient (Wildman–Crippen LogP) is 12.2. The fraction of sp³-hybridized carbons (Fsp3) is 0.160. The van der Waals surface area contributed by atoms with E-state index >= 15 is 0 Å². The monoisotopic (exact) mass is 711 g/mol. The van der Waals surface area contributed by atoms with E-state index in [1.165, 1.54) is 28.3 Å². The molecule has 0 bridgehead atoms. The van der Waals surface area contributed by atoms with Crippen molar-refractivity contribution < 1.29 is 15.3 Å². The molecule has 0 atom stereocenters. The van der Waals surface area contributed by atoms with Crippen molar-refractivity contribution in [3.05, 3.63) is 207 Å². The highest BCUT2D eigenvalue weighted by molar-refractivity contribution is 5.81. The standard InChI is InChI=1S/C25H22N.C25H28O3/c1-21-17-19-25(20-18-21)26(22-11-5-2-6-12-22,23-13-7-3-8-14-23)24-15-9-4-10-16-24;1-14-6-21(12-19-8-15(2)23(26)16(3)9-19)25(28)22(7-14)13-20-10-17(4)24(27)18(5)11-20/h2-20H,1H3;6-11,26-28H,12-13H2,1-5H3/q+1;/p-1. The Morgan fingerprint density at radius 1 is 0.407 bits per heavy atom. The smallest absolute Gasteiger partial charge is 0.148 e. The molecule has 0 fully saturated rings. The molecule has 0 aliphatic heterocycles. The molecule has 0 heterocycles. The summed E-state index contributed by atoms with van der Waals surface area (Å²) in [6.45, 7) is 11.6. The summed E-state index contributed by atoms with van der Waals surface area (Å²) in [5.74, 6) is 0.695. The van der Waals surface area contributed by atoms with Gasteiger partial charge < -0.3 is 15.3 Å². The molecule has 0 radical (unpaired) electrons. The molecular formula is C50H49NO3. The van der Waals surface area contributed by atoms with E-state index in [4.69, 9.17) is 0 Å². The molecule has 0 saturated heterocycles. The molecule has 7 aromatic rings. The first-order valence-electron chi connectivity index (χ1n) is 18.5. The Kier molecular flexibility index (Phi) is 11.4. The first-order valence-corrected chi connectivity index (χ1v) is 18.5. The normalized spacial score (nSPS) is 11.1. The van der Waals surface area contributed by atoms with Gasteiger partial charge in [0.1, 0.15) is 34.2 Å². The van der Waals surface area contributed by atoms with Crippen LogP contribution in [0.15, 0.2) is 152 Å². The van der Waals surface area contributed by atoms with Crippen LogP contribution >= 0.6 is 0 Å². The maximum Gasteiger partial charge on any atom is 0.148 e. The number of benzene rings is 7. The summed E-state index contributed by atoms with van der Waals surface area (Å²) in [5, 5.41) is 33.1. The zero-order valence-corrected chi connectivity index (χ0v) is 32.1. The number of aryl methyl sites for hydroxylation is 6. The average Bonchev–Trinajstić information content (AvgIpc) is 3.17. The van der Waals surface area contributed by atoms with Gasteiger partial charge in [-0.25, -0.2) is 0 Å². The molecule has 0 spiro atoms. The number of phenolic OH excluding ortho intramolecular Hbond substituents is 2. The van der Waals surface area contributed by atoms with Gasteiger partial charge in [-0.3, -0.25) is 0 Å². The number of hydrogen-bond donors (Lipinski definition) is 2. The van der Waals surface area contributed by atoms with Gasteiger partial charge in [0.05, 0.1) is 0 Å². The van der Waals surface area contributed by atoms with Gasteiger partial charge in [0.25, 0.3) is 0 Å². The van der Waals surface area contributed by atoms with Crippen molar-refractivity contribution in [3.8, 4) is 17.2 Å². The van der Waals surface area contributed by atoms with Gasteiger partial charge >= 0.3 is 0 Å². The van der Waals surface area contributed by atoms with E-state index in [1.54, 1.807) is 0 Å². The third-order valence-corrected chi connectivity index (χ3v) is 10.1. The van der Waals surface area contributed by atoms with E-state index in [9.17, 15) is 15.3 Å². The molecule has 272 valence electrons. The lowest BCUT2D eigenvalue weighted by atomic mass is 9.93. The first kappa shape index (κ1) is 37.7. The lowest BCUT2D eigenvalue weighted by Crippen LogP contribution is -2.33. The maximum absolute atomic E-state index is 13.1. The molecular weight excluding hydrogens is 663 g/mol.